The zero-order chi connectivity index (χ0) is 32.1. The normalized spacial score (nSPS) is 12.5. The fourth-order valence-corrected chi connectivity index (χ4v) is 5.69. The van der Waals surface area contributed by atoms with Gasteiger partial charge in [-0.1, -0.05) is 65.7 Å². The molecule has 1 unspecified atom stereocenters. The van der Waals surface area contributed by atoms with Crippen molar-refractivity contribution in [3.8, 4) is 5.69 Å². The van der Waals surface area contributed by atoms with Crippen LogP contribution in [0.25, 0.3) is 16.6 Å². The summed E-state index contributed by atoms with van der Waals surface area (Å²) < 4.78 is 7.29. The summed E-state index contributed by atoms with van der Waals surface area (Å²) in [5, 5.41) is 20.7. The average molecular weight is 646 g/mol. The third-order valence-corrected chi connectivity index (χ3v) is 8.04. The molecule has 1 aromatic heterocycles. The number of amides is 1. The third kappa shape index (κ3) is 7.48. The highest BCUT2D eigenvalue weighted by atomic mass is 35.5. The molecule has 232 valence electrons. The molecule has 5 aromatic rings. The molecule has 0 bridgehead atoms. The topological polar surface area (TPSA) is 96.7 Å². The van der Waals surface area contributed by atoms with Crippen molar-refractivity contribution in [2.24, 2.45) is 0 Å². The zero-order valence-corrected chi connectivity index (χ0v) is 26.8. The van der Waals surface area contributed by atoms with E-state index < -0.39 is 11.6 Å². The van der Waals surface area contributed by atoms with Crippen LogP contribution in [-0.4, -0.2) is 56.9 Å². The molecule has 8 nitrogen and oxygen atoms in total. The van der Waals surface area contributed by atoms with Gasteiger partial charge in [-0.25, -0.2) is 9.48 Å². The molecule has 2 N–H and O–H groups in total. The van der Waals surface area contributed by atoms with Gasteiger partial charge in [-0.3, -0.25) is 4.79 Å². The van der Waals surface area contributed by atoms with E-state index in [-0.39, 0.29) is 41.2 Å². The molecule has 0 saturated heterocycles. The lowest BCUT2D eigenvalue weighted by Gasteiger charge is -2.32. The van der Waals surface area contributed by atoms with Crippen LogP contribution >= 0.6 is 23.2 Å². The highest BCUT2D eigenvalue weighted by molar-refractivity contribution is 6.39. The molecule has 4 aromatic carbocycles. The predicted octanol–water partition coefficient (Wildman–Crippen LogP) is 7.32. The molecule has 0 spiro atoms. The zero-order valence-electron chi connectivity index (χ0n) is 25.3. The number of carbonyl (C=O) groups excluding carboxylic acids is 2. The van der Waals surface area contributed by atoms with Crippen molar-refractivity contribution in [2.45, 2.75) is 33.0 Å². The van der Waals surface area contributed by atoms with Gasteiger partial charge in [0.2, 0.25) is 0 Å². The molecule has 5 rings (SSSR count). The van der Waals surface area contributed by atoms with E-state index in [2.05, 4.69) is 10.4 Å². The third-order valence-electron chi connectivity index (χ3n) is 7.41. The number of aliphatic hydroxyl groups is 1. The number of hydrogen-bond donors (Lipinski definition) is 2. The minimum absolute atomic E-state index is 0.0538. The van der Waals surface area contributed by atoms with Gasteiger partial charge in [0.15, 0.2) is 0 Å². The fourth-order valence-electron chi connectivity index (χ4n) is 5.13. The molecular weight excluding hydrogens is 611 g/mol. The number of hydrogen-bond acceptors (Lipinski definition) is 6. The van der Waals surface area contributed by atoms with Crippen LogP contribution in [0.4, 0.5) is 5.69 Å². The Kier molecular flexibility index (Phi) is 9.77. The Labute approximate surface area is 272 Å². The van der Waals surface area contributed by atoms with E-state index in [1.165, 1.54) is 4.90 Å². The van der Waals surface area contributed by atoms with Gasteiger partial charge in [0.1, 0.15) is 6.61 Å². The van der Waals surface area contributed by atoms with Crippen LogP contribution in [0.2, 0.25) is 10.0 Å². The molecule has 1 amide bonds. The maximum absolute atomic E-state index is 13.3. The Hall–Kier alpha value is -4.37. The Bertz CT molecular complexity index is 1820. The first-order valence-corrected chi connectivity index (χ1v) is 15.3. The maximum atomic E-state index is 13.3. The molecule has 0 radical (unpaired) electrons. The van der Waals surface area contributed by atoms with E-state index in [0.29, 0.717) is 17.8 Å². The minimum atomic E-state index is -1.29. The van der Waals surface area contributed by atoms with Gasteiger partial charge in [0, 0.05) is 24.2 Å². The SMILES string of the molecule is CCN(CC(C)(O)CNc1cc(C)cc2c1cnn2-c1cccc(C(=O)OCc2ccccc2)c1)C(=O)c1c(Cl)cccc1Cl. The molecule has 0 aliphatic carbocycles. The molecule has 45 heavy (non-hydrogen) atoms. The Balaban J connectivity index is 1.32. The second kappa shape index (κ2) is 13.7. The first-order chi connectivity index (χ1) is 21.6. The molecule has 10 heteroatoms. The number of aromatic nitrogens is 2. The van der Waals surface area contributed by atoms with Crippen molar-refractivity contribution in [1.82, 2.24) is 14.7 Å². The van der Waals surface area contributed by atoms with Crippen molar-refractivity contribution in [2.75, 3.05) is 25.0 Å². The van der Waals surface area contributed by atoms with E-state index in [0.717, 1.165) is 27.7 Å². The first-order valence-electron chi connectivity index (χ1n) is 14.6. The number of ether oxygens (including phenoxy) is 1. The standard InChI is InChI=1S/C35H34Cl2N4O4/c1-4-40(33(42)32-28(36)14-9-15-29(32)37)22-35(3,44)21-38-30-16-23(2)17-31-27(30)19-39-41(31)26-13-8-12-25(18-26)34(43)45-20-24-10-6-5-7-11-24/h5-19,38,44H,4,20-22H2,1-3H3. The van der Waals surface area contributed by atoms with E-state index in [4.69, 9.17) is 27.9 Å². The lowest BCUT2D eigenvalue weighted by molar-refractivity contribution is 0.0278. The number of nitrogens with zero attached hydrogens (tertiary/aromatic N) is 3. The van der Waals surface area contributed by atoms with Crippen LogP contribution in [0, 0.1) is 6.92 Å². The molecule has 1 heterocycles. The lowest BCUT2D eigenvalue weighted by atomic mass is 10.0. The molecule has 1 atom stereocenters. The van der Waals surface area contributed by atoms with Gasteiger partial charge in [-0.2, -0.15) is 5.10 Å². The predicted molar refractivity (Wildman–Crippen MR) is 179 cm³/mol. The average Bonchev–Trinajstić information content (AvgIpc) is 3.45. The Morgan fingerprint density at radius 2 is 1.71 bits per heavy atom. The second-order valence-electron chi connectivity index (χ2n) is 11.2. The van der Waals surface area contributed by atoms with E-state index in [1.807, 2.05) is 62.4 Å². The minimum Gasteiger partial charge on any atom is -0.457 e. The molecule has 0 aliphatic rings. The van der Waals surface area contributed by atoms with Crippen molar-refractivity contribution < 1.29 is 19.4 Å². The van der Waals surface area contributed by atoms with Crippen molar-refractivity contribution in [1.29, 1.82) is 0 Å². The summed E-state index contributed by atoms with van der Waals surface area (Å²) >= 11 is 12.6. The molecule has 0 fully saturated rings. The van der Waals surface area contributed by atoms with Gasteiger partial charge in [-0.15, -0.1) is 0 Å². The number of halogens is 2. The summed E-state index contributed by atoms with van der Waals surface area (Å²) in [6.07, 6.45) is 1.74. The number of fused-ring (bicyclic) bond motifs is 1. The molecular formula is C35H34Cl2N4O4. The van der Waals surface area contributed by atoms with Crippen LogP contribution in [0.5, 0.6) is 0 Å². The highest BCUT2D eigenvalue weighted by Gasteiger charge is 2.29. The highest BCUT2D eigenvalue weighted by Crippen LogP contribution is 2.29. The number of carbonyl (C=O) groups is 2. The van der Waals surface area contributed by atoms with Crippen molar-refractivity contribution in [3.05, 3.63) is 123 Å². The monoisotopic (exact) mass is 644 g/mol. The van der Waals surface area contributed by atoms with E-state index in [9.17, 15) is 14.7 Å². The van der Waals surface area contributed by atoms with Gasteiger partial charge in [0.05, 0.1) is 50.7 Å². The summed E-state index contributed by atoms with van der Waals surface area (Å²) in [6.45, 7) is 6.23. The van der Waals surface area contributed by atoms with Crippen LogP contribution in [0.15, 0.2) is 91.1 Å². The summed E-state index contributed by atoms with van der Waals surface area (Å²) in [4.78, 5) is 27.6. The first kappa shape index (κ1) is 32.0. The van der Waals surface area contributed by atoms with E-state index >= 15 is 0 Å². The Morgan fingerprint density at radius 3 is 2.42 bits per heavy atom. The molecule has 0 saturated carbocycles. The van der Waals surface area contributed by atoms with Gasteiger partial charge < -0.3 is 20.1 Å². The summed E-state index contributed by atoms with van der Waals surface area (Å²) in [5.41, 5.74) is 3.54. The number of aryl methyl sites for hydroxylation is 1. The lowest BCUT2D eigenvalue weighted by Crippen LogP contribution is -2.47. The fraction of sp³-hybridized carbons (Fsp3) is 0.229. The van der Waals surface area contributed by atoms with Gasteiger partial charge in [0.25, 0.3) is 5.91 Å². The quantitative estimate of drug-likeness (QED) is 0.146. The van der Waals surface area contributed by atoms with Gasteiger partial charge >= 0.3 is 5.97 Å². The van der Waals surface area contributed by atoms with Gasteiger partial charge in [-0.05, 0) is 74.4 Å². The maximum Gasteiger partial charge on any atom is 0.338 e. The number of nitrogens with one attached hydrogen (secondary N) is 1. The second-order valence-corrected chi connectivity index (χ2v) is 12.0. The summed E-state index contributed by atoms with van der Waals surface area (Å²) in [7, 11) is 0. The van der Waals surface area contributed by atoms with Crippen LogP contribution < -0.4 is 5.32 Å². The Morgan fingerprint density at radius 1 is 1.00 bits per heavy atom. The number of esters is 1. The summed E-state index contributed by atoms with van der Waals surface area (Å²) in [6, 6.07) is 25.6. The van der Waals surface area contributed by atoms with Crippen LogP contribution in [0.3, 0.4) is 0 Å². The van der Waals surface area contributed by atoms with Crippen LogP contribution in [0.1, 0.15) is 45.7 Å². The van der Waals surface area contributed by atoms with E-state index in [1.54, 1.807) is 54.2 Å². The van der Waals surface area contributed by atoms with Crippen molar-refractivity contribution >= 4 is 51.7 Å². The van der Waals surface area contributed by atoms with Crippen molar-refractivity contribution in [3.63, 3.8) is 0 Å². The number of benzene rings is 4. The number of anilines is 1. The summed E-state index contributed by atoms with van der Waals surface area (Å²) in [5.74, 6) is -0.770. The largest absolute Gasteiger partial charge is 0.457 e. The molecule has 0 aliphatic heterocycles. The van der Waals surface area contributed by atoms with Crippen LogP contribution in [-0.2, 0) is 11.3 Å². The smallest absolute Gasteiger partial charge is 0.338 e. The number of likely N-dealkylation sites (N-methyl/N-ethyl adjacent to an activating group) is 1. The number of rotatable bonds is 11.